The number of aliphatic imine (C=N–C) groups is 1. The van der Waals surface area contributed by atoms with Crippen LogP contribution in [0.2, 0.25) is 0 Å². The number of alkyl halides is 3. The van der Waals surface area contributed by atoms with Crippen LogP contribution in [-0.4, -0.2) is 15.8 Å². The highest BCUT2D eigenvalue weighted by Gasteiger charge is 2.34. The molecule has 5 nitrogen and oxygen atoms in total. The van der Waals surface area contributed by atoms with Gasteiger partial charge >= 0.3 is 6.18 Å². The van der Waals surface area contributed by atoms with E-state index in [1.165, 1.54) is 18.3 Å². The maximum Gasteiger partial charge on any atom is 0.417 e. The van der Waals surface area contributed by atoms with Crippen molar-refractivity contribution in [2.75, 3.05) is 5.73 Å². The molecular formula is C22H14F3N5. The van der Waals surface area contributed by atoms with Gasteiger partial charge in [0.1, 0.15) is 5.84 Å². The van der Waals surface area contributed by atoms with Gasteiger partial charge in [0.15, 0.2) is 5.82 Å². The van der Waals surface area contributed by atoms with Crippen molar-refractivity contribution in [3.05, 3.63) is 84.1 Å². The Balaban J connectivity index is 1.95. The van der Waals surface area contributed by atoms with Gasteiger partial charge in [-0.15, -0.1) is 0 Å². The molecule has 2 aromatic carbocycles. The molecule has 0 bridgehead atoms. The van der Waals surface area contributed by atoms with E-state index in [1.54, 1.807) is 36.4 Å². The Morgan fingerprint density at radius 3 is 2.57 bits per heavy atom. The molecule has 0 unspecified atom stereocenters. The van der Waals surface area contributed by atoms with E-state index in [4.69, 9.17) is 11.5 Å². The molecule has 2 heterocycles. The van der Waals surface area contributed by atoms with E-state index in [-0.39, 0.29) is 22.9 Å². The molecule has 4 rings (SSSR count). The van der Waals surface area contributed by atoms with Crippen molar-refractivity contribution in [2.24, 2.45) is 10.7 Å². The topological polar surface area (TPSA) is 90.2 Å². The third-order valence-corrected chi connectivity index (χ3v) is 4.43. The summed E-state index contributed by atoms with van der Waals surface area (Å²) in [6, 6.07) is 18.7. The second kappa shape index (κ2) is 7.37. The van der Waals surface area contributed by atoms with Crippen LogP contribution in [-0.2, 0) is 6.18 Å². The van der Waals surface area contributed by atoms with Gasteiger partial charge in [0.05, 0.1) is 16.8 Å². The average Bonchev–Trinajstić information content (AvgIpc) is 2.73. The van der Waals surface area contributed by atoms with Crippen LogP contribution < -0.4 is 11.5 Å². The Morgan fingerprint density at radius 2 is 1.80 bits per heavy atom. The van der Waals surface area contributed by atoms with Gasteiger partial charge in [-0.1, -0.05) is 24.3 Å². The smallest absolute Gasteiger partial charge is 0.398 e. The molecule has 0 fully saturated rings. The number of aromatic nitrogens is 2. The molecule has 0 amide bonds. The predicted octanol–water partition coefficient (Wildman–Crippen LogP) is 4.54. The van der Waals surface area contributed by atoms with Gasteiger partial charge in [-0.3, -0.25) is 4.98 Å². The third-order valence-electron chi connectivity index (χ3n) is 4.43. The van der Waals surface area contributed by atoms with E-state index in [2.05, 4.69) is 27.1 Å². The van der Waals surface area contributed by atoms with Gasteiger partial charge in [-0.05, 0) is 36.4 Å². The Labute approximate surface area is 169 Å². The number of amidine groups is 1. The number of hydrogen-bond donors (Lipinski definition) is 2. The minimum absolute atomic E-state index is 0.0476. The molecule has 30 heavy (non-hydrogen) atoms. The zero-order valence-electron chi connectivity index (χ0n) is 15.4. The van der Waals surface area contributed by atoms with Crippen LogP contribution in [0.5, 0.6) is 0 Å². The van der Waals surface area contributed by atoms with Crippen LogP contribution in [0.15, 0.2) is 65.8 Å². The minimum atomic E-state index is -4.58. The highest BCUT2D eigenvalue weighted by Crippen LogP contribution is 2.37. The van der Waals surface area contributed by atoms with E-state index in [0.29, 0.717) is 22.2 Å². The number of benzene rings is 1. The lowest BCUT2D eigenvalue weighted by Gasteiger charge is -2.12. The van der Waals surface area contributed by atoms with Crippen molar-refractivity contribution in [2.45, 2.75) is 6.18 Å². The second-order valence-corrected chi connectivity index (χ2v) is 6.39. The number of hydrogen-bond acceptors (Lipinski definition) is 4. The lowest BCUT2D eigenvalue weighted by Crippen LogP contribution is -2.15. The first-order chi connectivity index (χ1) is 14.3. The highest BCUT2D eigenvalue weighted by atomic mass is 19.4. The molecule has 0 atom stereocenters. The number of anilines is 1. The van der Waals surface area contributed by atoms with Crippen molar-refractivity contribution < 1.29 is 13.2 Å². The number of nitrogens with zero attached hydrogens (tertiary/aromatic N) is 3. The van der Waals surface area contributed by atoms with Gasteiger partial charge in [0.25, 0.3) is 0 Å². The molecule has 0 saturated carbocycles. The standard InChI is InChI=1S/C22H14F3N5/c23-22(24,25)16-9-3-1-6-13(16)19-12-18-15(8-5-11-28-18)21(29-19)30-20(27)14-7-2-4-10-17(14)26/h2,4-12H,26H2,(H2,27,29,30). The van der Waals surface area contributed by atoms with Crippen molar-refractivity contribution in [1.29, 1.82) is 0 Å². The summed E-state index contributed by atoms with van der Waals surface area (Å²) < 4.78 is 40.5. The normalized spacial score (nSPS) is 12.0. The number of para-hydroxylation sites is 1. The highest BCUT2D eigenvalue weighted by molar-refractivity contribution is 6.05. The molecule has 4 aromatic rings. The first kappa shape index (κ1) is 19.2. The molecule has 0 aliphatic rings. The van der Waals surface area contributed by atoms with Crippen LogP contribution in [0.1, 0.15) is 11.1 Å². The summed E-state index contributed by atoms with van der Waals surface area (Å²) >= 11 is 0. The zero-order chi connectivity index (χ0) is 21.3. The van der Waals surface area contributed by atoms with Crippen LogP contribution >= 0.6 is 0 Å². The van der Waals surface area contributed by atoms with Crippen LogP contribution in [0.25, 0.3) is 22.2 Å². The fourth-order valence-corrected chi connectivity index (χ4v) is 3.02. The number of rotatable bonds is 3. The Hall–Kier alpha value is -4.12. The van der Waals surface area contributed by atoms with E-state index >= 15 is 0 Å². The lowest BCUT2D eigenvalue weighted by atomic mass is 10.0. The lowest BCUT2D eigenvalue weighted by molar-refractivity contribution is -0.137. The molecule has 2 aromatic heterocycles. The van der Waals surface area contributed by atoms with Crippen molar-refractivity contribution in [3.8, 4) is 11.3 Å². The fourth-order valence-electron chi connectivity index (χ4n) is 3.02. The monoisotopic (exact) mass is 405 g/mol. The Bertz CT molecular complexity index is 1270. The summed E-state index contributed by atoms with van der Waals surface area (Å²) in [7, 11) is 0. The van der Waals surface area contributed by atoms with Crippen molar-refractivity contribution in [1.82, 2.24) is 9.97 Å². The number of halogens is 3. The molecule has 0 aliphatic heterocycles. The molecule has 4 N–H and O–H groups in total. The zero-order valence-corrected chi connectivity index (χ0v) is 15.4. The molecule has 0 spiro atoms. The fraction of sp³-hybridized carbons (Fsp3) is 0.0455. The van der Waals surface area contributed by atoms with Crippen LogP contribution in [0.3, 0.4) is 0 Å². The van der Waals surface area contributed by atoms with E-state index in [0.717, 1.165) is 6.07 Å². The summed E-state index contributed by atoms with van der Waals surface area (Å²) in [6.45, 7) is 0. The first-order valence-corrected chi connectivity index (χ1v) is 8.79. The summed E-state index contributed by atoms with van der Waals surface area (Å²) in [5.41, 5.74) is 12.4. The van der Waals surface area contributed by atoms with Gasteiger partial charge in [0.2, 0.25) is 0 Å². The Kier molecular flexibility index (Phi) is 4.72. The molecular weight excluding hydrogens is 391 g/mol. The summed E-state index contributed by atoms with van der Waals surface area (Å²) in [4.78, 5) is 13.0. The SMILES string of the molecule is NC(=Nc1nc(-c2cc#ccc2C(F)(F)F)cc2ncccc12)c1ccccc1N. The number of pyridine rings is 2. The molecule has 0 radical (unpaired) electrons. The van der Waals surface area contributed by atoms with E-state index in [9.17, 15) is 13.2 Å². The second-order valence-electron chi connectivity index (χ2n) is 6.39. The summed E-state index contributed by atoms with van der Waals surface area (Å²) in [5, 5.41) is 0.540. The molecule has 0 saturated heterocycles. The quantitative estimate of drug-likeness (QED) is 0.298. The largest absolute Gasteiger partial charge is 0.417 e. The van der Waals surface area contributed by atoms with Gasteiger partial charge in [-0.25, -0.2) is 9.98 Å². The summed E-state index contributed by atoms with van der Waals surface area (Å²) in [5.74, 6) is 0.226. The van der Waals surface area contributed by atoms with Crippen molar-refractivity contribution in [3.63, 3.8) is 0 Å². The van der Waals surface area contributed by atoms with Gasteiger partial charge in [-0.2, -0.15) is 13.2 Å². The average molecular weight is 405 g/mol. The van der Waals surface area contributed by atoms with E-state index < -0.39 is 11.7 Å². The number of nitrogens with two attached hydrogens (primary N) is 2. The molecule has 8 heteroatoms. The predicted molar refractivity (Wildman–Crippen MR) is 109 cm³/mol. The Morgan fingerprint density at radius 1 is 1.03 bits per heavy atom. The van der Waals surface area contributed by atoms with Crippen molar-refractivity contribution >= 4 is 28.2 Å². The molecule has 0 aliphatic carbocycles. The maximum absolute atomic E-state index is 13.5. The van der Waals surface area contributed by atoms with Crippen LogP contribution in [0.4, 0.5) is 24.7 Å². The summed E-state index contributed by atoms with van der Waals surface area (Å²) in [6.07, 6.45) is -3.05. The van der Waals surface area contributed by atoms with E-state index in [1.807, 2.05) is 0 Å². The first-order valence-electron chi connectivity index (χ1n) is 8.79. The number of fused-ring (bicyclic) bond motifs is 1. The van der Waals surface area contributed by atoms with Crippen LogP contribution in [0, 0.1) is 12.1 Å². The number of nitrogen functional groups attached to an aromatic ring is 1. The van der Waals surface area contributed by atoms with Gasteiger partial charge < -0.3 is 11.5 Å². The maximum atomic E-state index is 13.5. The third kappa shape index (κ3) is 3.61. The van der Waals surface area contributed by atoms with Gasteiger partial charge in [0, 0.05) is 34.5 Å². The minimum Gasteiger partial charge on any atom is -0.398 e. The molecule has 148 valence electrons.